The van der Waals surface area contributed by atoms with Crippen molar-refractivity contribution in [2.45, 2.75) is 65.0 Å². The molecule has 0 spiro atoms. The van der Waals surface area contributed by atoms with Gasteiger partial charge in [-0.05, 0) is 43.6 Å². The minimum absolute atomic E-state index is 0.0960. The lowest BCUT2D eigenvalue weighted by Crippen LogP contribution is -2.39. The van der Waals surface area contributed by atoms with Crippen LogP contribution in [-0.2, 0) is 17.8 Å². The van der Waals surface area contributed by atoms with Gasteiger partial charge in [0.15, 0.2) is 11.5 Å². The molecule has 2 aromatic rings. The highest BCUT2D eigenvalue weighted by Crippen LogP contribution is 2.27. The van der Waals surface area contributed by atoms with Crippen molar-refractivity contribution in [2.75, 3.05) is 6.54 Å². The number of nitrogens with one attached hydrogen (secondary N) is 1. The zero-order chi connectivity index (χ0) is 20.6. The van der Waals surface area contributed by atoms with E-state index in [0.717, 1.165) is 18.4 Å². The van der Waals surface area contributed by atoms with Crippen molar-refractivity contribution < 1.29 is 14.1 Å². The minimum atomic E-state index is -0.212. The van der Waals surface area contributed by atoms with E-state index in [1.54, 1.807) is 6.07 Å². The van der Waals surface area contributed by atoms with Crippen molar-refractivity contribution in [2.24, 2.45) is 5.92 Å². The quantitative estimate of drug-likeness (QED) is 0.623. The van der Waals surface area contributed by atoms with E-state index in [0.29, 0.717) is 37.6 Å². The molecule has 1 N–H and O–H groups in total. The molecule has 0 bridgehead atoms. The number of hydrogen-bond donors (Lipinski definition) is 1. The van der Waals surface area contributed by atoms with Crippen molar-refractivity contribution >= 4 is 11.8 Å². The Kier molecular flexibility index (Phi) is 7.44. The third-order valence-electron chi connectivity index (χ3n) is 5.54. The maximum Gasteiger partial charge on any atom is 0.273 e. The van der Waals surface area contributed by atoms with E-state index < -0.39 is 0 Å². The maximum atomic E-state index is 13.0. The fourth-order valence-electron chi connectivity index (χ4n) is 3.50. The zero-order valence-corrected chi connectivity index (χ0v) is 17.4. The number of hydrogen-bond acceptors (Lipinski definition) is 4. The van der Waals surface area contributed by atoms with Gasteiger partial charge in [0.2, 0.25) is 5.91 Å². The SMILES string of the molecule is CCC(CC)N(Cc1cc(C(=O)NCC2CC2)no1)C(=O)CCc1ccccc1. The van der Waals surface area contributed by atoms with Crippen molar-refractivity contribution in [1.82, 2.24) is 15.4 Å². The number of carbonyl (C=O) groups is 2. The monoisotopic (exact) mass is 397 g/mol. The molecule has 0 atom stereocenters. The second kappa shape index (κ2) is 10.2. The maximum absolute atomic E-state index is 13.0. The summed E-state index contributed by atoms with van der Waals surface area (Å²) in [4.78, 5) is 27.1. The molecule has 0 unspecified atom stereocenters. The van der Waals surface area contributed by atoms with E-state index in [9.17, 15) is 9.59 Å². The highest BCUT2D eigenvalue weighted by atomic mass is 16.5. The van der Waals surface area contributed by atoms with Crippen molar-refractivity contribution in [3.63, 3.8) is 0 Å². The molecular formula is C23H31N3O3. The number of rotatable bonds is 11. The first-order valence-corrected chi connectivity index (χ1v) is 10.7. The van der Waals surface area contributed by atoms with Crippen molar-refractivity contribution in [1.29, 1.82) is 0 Å². The van der Waals surface area contributed by atoms with Crippen LogP contribution in [0.3, 0.4) is 0 Å². The Bertz CT molecular complexity index is 795. The fourth-order valence-corrected chi connectivity index (χ4v) is 3.50. The first-order chi connectivity index (χ1) is 14.1. The predicted molar refractivity (Wildman–Crippen MR) is 111 cm³/mol. The van der Waals surface area contributed by atoms with Crippen LogP contribution in [0.25, 0.3) is 0 Å². The molecule has 1 aromatic heterocycles. The molecule has 6 heteroatoms. The highest BCUT2D eigenvalue weighted by Gasteiger charge is 2.25. The smallest absolute Gasteiger partial charge is 0.273 e. The van der Waals surface area contributed by atoms with Crippen LogP contribution in [0.2, 0.25) is 0 Å². The molecule has 1 heterocycles. The number of benzene rings is 1. The van der Waals surface area contributed by atoms with E-state index in [4.69, 9.17) is 4.52 Å². The summed E-state index contributed by atoms with van der Waals surface area (Å²) >= 11 is 0. The van der Waals surface area contributed by atoms with Crippen LogP contribution >= 0.6 is 0 Å². The lowest BCUT2D eigenvalue weighted by molar-refractivity contribution is -0.134. The Hall–Kier alpha value is -2.63. The van der Waals surface area contributed by atoms with Crippen LogP contribution in [0.5, 0.6) is 0 Å². The summed E-state index contributed by atoms with van der Waals surface area (Å²) in [5, 5.41) is 6.80. The second-order valence-corrected chi connectivity index (χ2v) is 7.81. The normalized spacial score (nSPS) is 13.5. The molecule has 29 heavy (non-hydrogen) atoms. The average Bonchev–Trinajstić information content (AvgIpc) is 3.47. The number of aryl methyl sites for hydroxylation is 1. The Morgan fingerprint density at radius 3 is 2.59 bits per heavy atom. The van der Waals surface area contributed by atoms with Gasteiger partial charge in [0, 0.05) is 25.1 Å². The molecule has 3 rings (SSSR count). The number of amides is 2. The van der Waals surface area contributed by atoms with Gasteiger partial charge in [-0.2, -0.15) is 0 Å². The number of nitrogens with zero attached hydrogens (tertiary/aromatic N) is 2. The summed E-state index contributed by atoms with van der Waals surface area (Å²) in [6.45, 7) is 5.20. The highest BCUT2D eigenvalue weighted by molar-refractivity contribution is 5.92. The number of carbonyl (C=O) groups excluding carboxylic acids is 2. The summed E-state index contributed by atoms with van der Waals surface area (Å²) in [5.41, 5.74) is 1.43. The average molecular weight is 398 g/mol. The van der Waals surface area contributed by atoms with Crippen LogP contribution in [0.4, 0.5) is 0 Å². The standard InChI is InChI=1S/C23H31N3O3/c1-3-19(4-2)26(22(27)13-12-17-8-6-5-7-9-17)16-20-14-21(25-29-20)23(28)24-15-18-10-11-18/h5-9,14,18-19H,3-4,10-13,15-16H2,1-2H3,(H,24,28). The van der Waals surface area contributed by atoms with Gasteiger partial charge in [-0.1, -0.05) is 49.3 Å². The largest absolute Gasteiger partial charge is 0.359 e. The Balaban J connectivity index is 1.62. The fraction of sp³-hybridized carbons (Fsp3) is 0.522. The summed E-state index contributed by atoms with van der Waals surface area (Å²) < 4.78 is 5.39. The van der Waals surface area contributed by atoms with Gasteiger partial charge < -0.3 is 14.7 Å². The zero-order valence-electron chi connectivity index (χ0n) is 17.4. The molecule has 0 radical (unpaired) electrons. The Morgan fingerprint density at radius 1 is 1.21 bits per heavy atom. The van der Waals surface area contributed by atoms with Gasteiger partial charge in [-0.25, -0.2) is 0 Å². The Morgan fingerprint density at radius 2 is 1.93 bits per heavy atom. The molecule has 0 aliphatic heterocycles. The van der Waals surface area contributed by atoms with E-state index in [1.807, 2.05) is 35.2 Å². The molecule has 156 valence electrons. The number of aromatic nitrogens is 1. The lowest BCUT2D eigenvalue weighted by Gasteiger charge is -2.29. The molecule has 1 aliphatic rings. The van der Waals surface area contributed by atoms with E-state index in [1.165, 1.54) is 12.8 Å². The lowest BCUT2D eigenvalue weighted by atomic mass is 10.1. The molecule has 0 saturated heterocycles. The van der Waals surface area contributed by atoms with Crippen LogP contribution < -0.4 is 5.32 Å². The van der Waals surface area contributed by atoms with Crippen LogP contribution in [0, 0.1) is 5.92 Å². The van der Waals surface area contributed by atoms with Gasteiger partial charge in [-0.15, -0.1) is 0 Å². The van der Waals surface area contributed by atoms with E-state index >= 15 is 0 Å². The molecule has 1 saturated carbocycles. The second-order valence-electron chi connectivity index (χ2n) is 7.81. The van der Waals surface area contributed by atoms with Gasteiger partial charge in [0.25, 0.3) is 5.91 Å². The van der Waals surface area contributed by atoms with Crippen LogP contribution in [0.1, 0.15) is 67.8 Å². The van der Waals surface area contributed by atoms with E-state index in [-0.39, 0.29) is 23.6 Å². The summed E-state index contributed by atoms with van der Waals surface area (Å²) in [7, 11) is 0. The van der Waals surface area contributed by atoms with Gasteiger partial charge in [0.1, 0.15) is 0 Å². The van der Waals surface area contributed by atoms with Crippen LogP contribution in [0.15, 0.2) is 40.9 Å². The van der Waals surface area contributed by atoms with Crippen molar-refractivity contribution in [3.8, 4) is 0 Å². The topological polar surface area (TPSA) is 75.4 Å². The minimum Gasteiger partial charge on any atom is -0.359 e. The summed E-state index contributed by atoms with van der Waals surface area (Å²) in [6, 6.07) is 11.8. The molecule has 2 amide bonds. The first-order valence-electron chi connectivity index (χ1n) is 10.7. The molecular weight excluding hydrogens is 366 g/mol. The summed E-state index contributed by atoms with van der Waals surface area (Å²) in [5.74, 6) is 1.04. The van der Waals surface area contributed by atoms with E-state index in [2.05, 4.69) is 24.3 Å². The first kappa shape index (κ1) is 21.1. The predicted octanol–water partition coefficient (Wildman–Crippen LogP) is 3.96. The van der Waals surface area contributed by atoms with Gasteiger partial charge in [-0.3, -0.25) is 9.59 Å². The third kappa shape index (κ3) is 6.17. The molecule has 1 aliphatic carbocycles. The van der Waals surface area contributed by atoms with Crippen LogP contribution in [-0.4, -0.2) is 34.5 Å². The van der Waals surface area contributed by atoms with Gasteiger partial charge >= 0.3 is 0 Å². The third-order valence-corrected chi connectivity index (χ3v) is 5.54. The molecule has 6 nitrogen and oxygen atoms in total. The molecule has 1 aromatic carbocycles. The summed E-state index contributed by atoms with van der Waals surface area (Å²) in [6.07, 6.45) is 5.26. The van der Waals surface area contributed by atoms with Gasteiger partial charge in [0.05, 0.1) is 6.54 Å². The Labute approximate surface area is 172 Å². The molecule has 1 fully saturated rings. The van der Waals surface area contributed by atoms with Crippen molar-refractivity contribution in [3.05, 3.63) is 53.4 Å².